The number of hydrogen-bond donors (Lipinski definition) is 4. The lowest BCUT2D eigenvalue weighted by molar-refractivity contribution is -0.0566. The van der Waals surface area contributed by atoms with Crippen LogP contribution in [0.4, 0.5) is 5.82 Å². The van der Waals surface area contributed by atoms with E-state index in [0.29, 0.717) is 16.2 Å². The quantitative estimate of drug-likeness (QED) is 0.404. The first-order valence-corrected chi connectivity index (χ1v) is 7.46. The van der Waals surface area contributed by atoms with Crippen LogP contribution in [0.25, 0.3) is 11.0 Å². The van der Waals surface area contributed by atoms with Gasteiger partial charge in [0, 0.05) is 0 Å². The highest BCUT2D eigenvalue weighted by atomic mass is 32.2. The van der Waals surface area contributed by atoms with Gasteiger partial charge >= 0.3 is 0 Å². The standard InChI is InChI=1S/C11H15N5O4S/c1-21-11-14-8(12)4-2-13-16(9(4)15-11)10-7(19)6(18)5(3-17)20-10/h2,5-7,10,17-19H,3H2,1H3,(H2,12,14,15)/t5-,6+,7+,10-/m0/s1. The van der Waals surface area contributed by atoms with Crippen molar-refractivity contribution in [1.29, 1.82) is 0 Å². The van der Waals surface area contributed by atoms with E-state index in [0.717, 1.165) is 0 Å². The summed E-state index contributed by atoms with van der Waals surface area (Å²) >= 11 is 1.32. The number of nitrogen functional groups attached to an aromatic ring is 1. The Balaban J connectivity index is 2.07. The summed E-state index contributed by atoms with van der Waals surface area (Å²) < 4.78 is 6.79. The van der Waals surface area contributed by atoms with Gasteiger partial charge < -0.3 is 25.8 Å². The molecule has 0 bridgehead atoms. The number of aliphatic hydroxyl groups is 3. The molecule has 3 heterocycles. The molecule has 0 spiro atoms. The number of fused-ring (bicyclic) bond motifs is 1. The number of ether oxygens (including phenoxy) is 1. The Hall–Kier alpha value is -1.46. The monoisotopic (exact) mass is 313 g/mol. The summed E-state index contributed by atoms with van der Waals surface area (Å²) in [5.41, 5.74) is 6.25. The molecule has 1 fully saturated rings. The van der Waals surface area contributed by atoms with Gasteiger partial charge in [0.15, 0.2) is 17.0 Å². The molecule has 21 heavy (non-hydrogen) atoms. The molecule has 0 aromatic carbocycles. The SMILES string of the molecule is CSc1nc(N)c2cnn([C@H]3O[C@@H](CO)[C@@H](O)[C@H]3O)c2n1. The molecule has 0 saturated carbocycles. The van der Waals surface area contributed by atoms with E-state index in [1.165, 1.54) is 22.6 Å². The lowest BCUT2D eigenvalue weighted by atomic mass is 10.1. The third-order valence-corrected chi connectivity index (χ3v) is 3.95. The van der Waals surface area contributed by atoms with Crippen LogP contribution < -0.4 is 5.73 Å². The number of nitrogens with two attached hydrogens (primary N) is 1. The van der Waals surface area contributed by atoms with E-state index in [1.807, 2.05) is 6.26 Å². The maximum atomic E-state index is 10.1. The lowest BCUT2D eigenvalue weighted by Crippen LogP contribution is -2.33. The summed E-state index contributed by atoms with van der Waals surface area (Å²) in [6.07, 6.45) is -0.947. The second-order valence-corrected chi connectivity index (χ2v) is 5.42. The topological polar surface area (TPSA) is 140 Å². The largest absolute Gasteiger partial charge is 0.394 e. The van der Waals surface area contributed by atoms with Gasteiger partial charge in [-0.05, 0) is 6.26 Å². The maximum absolute atomic E-state index is 10.1. The minimum Gasteiger partial charge on any atom is -0.394 e. The molecule has 0 aliphatic carbocycles. The van der Waals surface area contributed by atoms with Crippen LogP contribution >= 0.6 is 11.8 Å². The van der Waals surface area contributed by atoms with Gasteiger partial charge in [0.1, 0.15) is 24.1 Å². The van der Waals surface area contributed by atoms with Crippen LogP contribution in [0.1, 0.15) is 6.23 Å². The molecule has 5 N–H and O–H groups in total. The fraction of sp³-hybridized carbons (Fsp3) is 0.545. The van der Waals surface area contributed by atoms with Gasteiger partial charge in [-0.1, -0.05) is 11.8 Å². The van der Waals surface area contributed by atoms with E-state index in [2.05, 4.69) is 15.1 Å². The summed E-state index contributed by atoms with van der Waals surface area (Å²) in [6, 6.07) is 0. The Labute approximate surface area is 123 Å². The van der Waals surface area contributed by atoms with Crippen molar-refractivity contribution >= 4 is 28.6 Å². The predicted molar refractivity (Wildman–Crippen MR) is 74.5 cm³/mol. The van der Waals surface area contributed by atoms with E-state index in [9.17, 15) is 10.2 Å². The van der Waals surface area contributed by atoms with E-state index in [4.69, 9.17) is 15.6 Å². The molecule has 1 aliphatic rings. The van der Waals surface area contributed by atoms with Gasteiger partial charge in [0.25, 0.3) is 0 Å². The predicted octanol–water partition coefficient (Wildman–Crippen LogP) is -1.26. The van der Waals surface area contributed by atoms with Crippen LogP contribution in [0.2, 0.25) is 0 Å². The normalized spacial score (nSPS) is 29.3. The third-order valence-electron chi connectivity index (χ3n) is 3.40. The highest BCUT2D eigenvalue weighted by molar-refractivity contribution is 7.98. The molecule has 9 nitrogen and oxygen atoms in total. The van der Waals surface area contributed by atoms with E-state index in [-0.39, 0.29) is 5.82 Å². The van der Waals surface area contributed by atoms with Crippen molar-refractivity contribution < 1.29 is 20.1 Å². The molecule has 2 aromatic rings. The third kappa shape index (κ3) is 2.24. The molecule has 0 unspecified atom stereocenters. The smallest absolute Gasteiger partial charge is 0.191 e. The van der Waals surface area contributed by atoms with Crippen molar-refractivity contribution in [3.63, 3.8) is 0 Å². The fourth-order valence-corrected chi connectivity index (χ4v) is 2.65. The maximum Gasteiger partial charge on any atom is 0.191 e. The van der Waals surface area contributed by atoms with Crippen molar-refractivity contribution in [2.45, 2.75) is 29.7 Å². The van der Waals surface area contributed by atoms with Crippen LogP contribution in [0, 0.1) is 0 Å². The van der Waals surface area contributed by atoms with Gasteiger partial charge in [-0.2, -0.15) is 5.10 Å². The summed E-state index contributed by atoms with van der Waals surface area (Å²) in [6.45, 7) is -0.402. The molecular formula is C11H15N5O4S. The molecule has 10 heteroatoms. The van der Waals surface area contributed by atoms with Gasteiger partial charge in [-0.3, -0.25) is 0 Å². The summed E-state index contributed by atoms with van der Waals surface area (Å²) in [7, 11) is 0. The molecule has 114 valence electrons. The summed E-state index contributed by atoms with van der Waals surface area (Å²) in [5.74, 6) is 0.280. The van der Waals surface area contributed by atoms with E-state index in [1.54, 1.807) is 0 Å². The number of hydrogen-bond acceptors (Lipinski definition) is 9. The van der Waals surface area contributed by atoms with Crippen molar-refractivity contribution in [2.24, 2.45) is 0 Å². The zero-order valence-electron chi connectivity index (χ0n) is 11.1. The number of aromatic nitrogens is 4. The van der Waals surface area contributed by atoms with Crippen molar-refractivity contribution in [1.82, 2.24) is 19.7 Å². The molecule has 1 aliphatic heterocycles. The van der Waals surface area contributed by atoms with Crippen LogP contribution in [-0.2, 0) is 4.74 Å². The fourth-order valence-electron chi connectivity index (χ4n) is 2.29. The first-order chi connectivity index (χ1) is 10.1. The van der Waals surface area contributed by atoms with Crippen molar-refractivity contribution in [2.75, 3.05) is 18.6 Å². The second kappa shape index (κ2) is 5.39. The number of rotatable bonds is 3. The lowest BCUT2D eigenvalue weighted by Gasteiger charge is -2.15. The van der Waals surface area contributed by atoms with Gasteiger partial charge in [0.05, 0.1) is 18.2 Å². The van der Waals surface area contributed by atoms with Gasteiger partial charge in [-0.25, -0.2) is 14.6 Å². The second-order valence-electron chi connectivity index (χ2n) is 4.65. The summed E-state index contributed by atoms with van der Waals surface area (Å²) in [5, 5.41) is 34.1. The number of thioether (sulfide) groups is 1. The first-order valence-electron chi connectivity index (χ1n) is 6.24. The zero-order valence-corrected chi connectivity index (χ0v) is 11.9. The Bertz CT molecular complexity index is 665. The van der Waals surface area contributed by atoms with Crippen molar-refractivity contribution in [3.05, 3.63) is 6.20 Å². The minimum absolute atomic E-state index is 0.280. The summed E-state index contributed by atoms with van der Waals surface area (Å²) in [4.78, 5) is 8.41. The highest BCUT2D eigenvalue weighted by Gasteiger charge is 2.44. The number of anilines is 1. The first kappa shape index (κ1) is 14.5. The van der Waals surface area contributed by atoms with Crippen LogP contribution in [-0.4, -0.2) is 66.2 Å². The molecule has 0 amide bonds. The number of nitrogens with zero attached hydrogens (tertiary/aromatic N) is 4. The molecule has 3 rings (SSSR count). The Kier molecular flexibility index (Phi) is 3.71. The molecular weight excluding hydrogens is 298 g/mol. The average molecular weight is 313 g/mol. The number of aliphatic hydroxyl groups excluding tert-OH is 3. The highest BCUT2D eigenvalue weighted by Crippen LogP contribution is 2.32. The van der Waals surface area contributed by atoms with Crippen LogP contribution in [0.5, 0.6) is 0 Å². The molecule has 1 saturated heterocycles. The molecule has 2 aromatic heterocycles. The Morgan fingerprint density at radius 1 is 1.38 bits per heavy atom. The average Bonchev–Trinajstić information content (AvgIpc) is 3.02. The Morgan fingerprint density at radius 2 is 2.14 bits per heavy atom. The Morgan fingerprint density at radius 3 is 2.76 bits per heavy atom. The van der Waals surface area contributed by atoms with E-state index >= 15 is 0 Å². The molecule has 0 radical (unpaired) electrons. The molecule has 4 atom stereocenters. The minimum atomic E-state index is -1.22. The van der Waals surface area contributed by atoms with Gasteiger partial charge in [0.2, 0.25) is 0 Å². The van der Waals surface area contributed by atoms with E-state index < -0.39 is 31.1 Å². The zero-order chi connectivity index (χ0) is 15.1. The van der Waals surface area contributed by atoms with Crippen LogP contribution in [0.15, 0.2) is 11.4 Å². The van der Waals surface area contributed by atoms with Crippen molar-refractivity contribution in [3.8, 4) is 0 Å². The van der Waals surface area contributed by atoms with Gasteiger partial charge in [-0.15, -0.1) is 0 Å². The van der Waals surface area contributed by atoms with Crippen LogP contribution in [0.3, 0.4) is 0 Å².